The highest BCUT2D eigenvalue weighted by molar-refractivity contribution is 7.98. The highest BCUT2D eigenvalue weighted by Crippen LogP contribution is 2.22. The number of hydrogen-bond acceptors (Lipinski definition) is 9. The Morgan fingerprint density at radius 2 is 1.59 bits per heavy atom. The number of ether oxygens (including phenoxy) is 1. The molecule has 0 saturated carbocycles. The van der Waals surface area contributed by atoms with E-state index >= 15 is 0 Å². The van der Waals surface area contributed by atoms with Gasteiger partial charge < -0.3 is 21.0 Å². The molecule has 11 heteroatoms. The summed E-state index contributed by atoms with van der Waals surface area (Å²) < 4.78 is 5.26. The minimum absolute atomic E-state index is 0.0237. The fraction of sp³-hybridized carbons (Fsp3) is 0.625. The fourth-order valence-corrected chi connectivity index (χ4v) is 3.18. The maximum Gasteiger partial charge on any atom is 0.360 e. The van der Waals surface area contributed by atoms with Crippen LogP contribution in [0.3, 0.4) is 0 Å². The summed E-state index contributed by atoms with van der Waals surface area (Å²) in [4.78, 5) is 26.4. The Hall–Kier alpha value is -0.420. The Kier molecular flexibility index (Phi) is 12.7. The molecule has 4 N–H and O–H groups in total. The monoisotopic (exact) mass is 459 g/mol. The first-order valence-electron chi connectivity index (χ1n) is 7.92. The molecule has 3 atom stereocenters. The van der Waals surface area contributed by atoms with Gasteiger partial charge in [0.15, 0.2) is 10.00 Å². The first-order valence-corrected chi connectivity index (χ1v) is 11.5. The molecular formula is C16H27Cl2N3O4S2. The normalized spacial score (nSPS) is 16.7. The minimum atomic E-state index is -1.72. The smallest absolute Gasteiger partial charge is 0.360 e. The van der Waals surface area contributed by atoms with Gasteiger partial charge in [-0.1, -0.05) is 40.9 Å². The van der Waals surface area contributed by atoms with Crippen molar-refractivity contribution < 1.29 is 19.2 Å². The number of rotatable bonds is 14. The van der Waals surface area contributed by atoms with E-state index in [2.05, 4.69) is 13.2 Å². The summed E-state index contributed by atoms with van der Waals surface area (Å²) in [5, 5.41) is 1.03. The summed E-state index contributed by atoms with van der Waals surface area (Å²) in [5.74, 6) is -0.638. The Bertz CT molecular complexity index is 522. The number of thioether (sulfide) groups is 2. The highest BCUT2D eigenvalue weighted by atomic mass is 35.5. The molecule has 0 amide bonds. The zero-order valence-corrected chi connectivity index (χ0v) is 18.6. The number of nitrogens with two attached hydrogens (primary N) is 2. The van der Waals surface area contributed by atoms with Crippen molar-refractivity contribution in [1.82, 2.24) is 5.06 Å². The number of halogens is 2. The van der Waals surface area contributed by atoms with Crippen molar-refractivity contribution in [2.24, 2.45) is 11.5 Å². The van der Waals surface area contributed by atoms with E-state index in [1.807, 2.05) is 12.5 Å². The first kappa shape index (κ1) is 26.6. The number of hydroxylamine groups is 2. The molecule has 0 aromatic carbocycles. The van der Waals surface area contributed by atoms with Gasteiger partial charge >= 0.3 is 11.9 Å². The largest absolute Gasteiger partial charge is 0.437 e. The minimum Gasteiger partial charge on any atom is -0.437 e. The van der Waals surface area contributed by atoms with E-state index in [0.29, 0.717) is 11.5 Å². The molecule has 3 unspecified atom stereocenters. The average Bonchev–Trinajstić information content (AvgIpc) is 2.62. The van der Waals surface area contributed by atoms with E-state index in [9.17, 15) is 9.59 Å². The van der Waals surface area contributed by atoms with Crippen molar-refractivity contribution in [3.05, 3.63) is 25.3 Å². The summed E-state index contributed by atoms with van der Waals surface area (Å²) in [5.41, 5.74) is 11.6. The maximum absolute atomic E-state index is 12.3. The summed E-state index contributed by atoms with van der Waals surface area (Å²) in [6.07, 6.45) is 5.65. The van der Waals surface area contributed by atoms with Crippen LogP contribution in [0.25, 0.3) is 0 Å². The third-order valence-corrected chi connectivity index (χ3v) is 5.15. The zero-order valence-electron chi connectivity index (χ0n) is 15.5. The van der Waals surface area contributed by atoms with Gasteiger partial charge in [-0.25, -0.2) is 9.59 Å². The lowest BCUT2D eigenvalue weighted by molar-refractivity contribution is -0.231. The van der Waals surface area contributed by atoms with Crippen molar-refractivity contribution in [3.63, 3.8) is 0 Å². The summed E-state index contributed by atoms with van der Waals surface area (Å²) in [7, 11) is 0. The SMILES string of the molecule is C=CCN(OC(=O)C(N)(Cl)CCSC)C(C=C)OC(=O)C(N)(Cl)CCSC. The predicted octanol–water partition coefficient (Wildman–Crippen LogP) is 2.28. The summed E-state index contributed by atoms with van der Waals surface area (Å²) in [6.45, 7) is 7.18. The van der Waals surface area contributed by atoms with E-state index in [0.717, 1.165) is 5.06 Å². The van der Waals surface area contributed by atoms with E-state index in [1.54, 1.807) is 0 Å². The van der Waals surface area contributed by atoms with Crippen LogP contribution in [0.2, 0.25) is 0 Å². The van der Waals surface area contributed by atoms with Crippen molar-refractivity contribution in [1.29, 1.82) is 0 Å². The van der Waals surface area contributed by atoms with Crippen LogP contribution in [0, 0.1) is 0 Å². The van der Waals surface area contributed by atoms with Crippen molar-refractivity contribution in [2.45, 2.75) is 29.1 Å². The van der Waals surface area contributed by atoms with Crippen LogP contribution in [0.1, 0.15) is 12.8 Å². The number of esters is 1. The molecule has 0 aliphatic carbocycles. The molecular weight excluding hydrogens is 433 g/mol. The Labute approximate surface area is 179 Å². The molecule has 0 radical (unpaired) electrons. The standard InChI is InChI=1S/C16H27Cl2N3O4S2/c1-5-9-21(25-14(23)16(18,20)8-11-27-4)12(6-2)24-13(22)15(17,19)7-10-26-3/h5-6,12H,1-2,7-11,19-20H2,3-4H3. The summed E-state index contributed by atoms with van der Waals surface area (Å²) >= 11 is 15.1. The number of hydrogen-bond donors (Lipinski definition) is 2. The van der Waals surface area contributed by atoms with Crippen LogP contribution in [0.4, 0.5) is 0 Å². The maximum atomic E-state index is 12.3. The van der Waals surface area contributed by atoms with Crippen molar-refractivity contribution >= 4 is 58.7 Å². The van der Waals surface area contributed by atoms with Crippen molar-refractivity contribution in [3.8, 4) is 0 Å². The first-order chi connectivity index (χ1) is 12.6. The van der Waals surface area contributed by atoms with Crippen LogP contribution in [-0.4, -0.2) is 63.8 Å². The van der Waals surface area contributed by atoms with E-state index in [1.165, 1.54) is 35.7 Å². The molecule has 0 fully saturated rings. The number of carbonyl (C=O) groups excluding carboxylic acids is 2. The van der Waals surface area contributed by atoms with Crippen molar-refractivity contribution in [2.75, 3.05) is 30.6 Å². The Balaban J connectivity index is 5.17. The van der Waals surface area contributed by atoms with Crippen LogP contribution >= 0.6 is 46.7 Å². The molecule has 0 bridgehead atoms. The lowest BCUT2D eigenvalue weighted by atomic mass is 10.2. The third kappa shape index (κ3) is 9.56. The quantitative estimate of drug-likeness (QED) is 0.101. The van der Waals surface area contributed by atoms with Gasteiger partial charge in [0.2, 0.25) is 6.23 Å². The predicted molar refractivity (Wildman–Crippen MR) is 115 cm³/mol. The molecule has 156 valence electrons. The van der Waals surface area contributed by atoms with Gasteiger partial charge in [0.05, 0.1) is 6.54 Å². The lowest BCUT2D eigenvalue weighted by Crippen LogP contribution is -2.51. The van der Waals surface area contributed by atoms with E-state index in [4.69, 9.17) is 44.2 Å². The van der Waals surface area contributed by atoms with Gasteiger partial charge in [0.25, 0.3) is 0 Å². The Morgan fingerprint density at radius 3 is 2.00 bits per heavy atom. The second-order valence-electron chi connectivity index (χ2n) is 5.51. The average molecular weight is 460 g/mol. The van der Waals surface area contributed by atoms with Gasteiger partial charge in [-0.15, -0.1) is 6.58 Å². The molecule has 0 aliphatic heterocycles. The van der Waals surface area contributed by atoms with Gasteiger partial charge in [-0.05, 0) is 42.9 Å². The van der Waals surface area contributed by atoms with Crippen LogP contribution in [-0.2, 0) is 19.2 Å². The number of carbonyl (C=O) groups is 2. The molecule has 7 nitrogen and oxygen atoms in total. The topological polar surface area (TPSA) is 108 Å². The van der Waals surface area contributed by atoms with Crippen LogP contribution < -0.4 is 11.5 Å². The van der Waals surface area contributed by atoms with Gasteiger partial charge in [0, 0.05) is 0 Å². The summed E-state index contributed by atoms with van der Waals surface area (Å²) in [6, 6.07) is 0. The fourth-order valence-electron chi connectivity index (χ4n) is 1.64. The van der Waals surface area contributed by atoms with Gasteiger partial charge in [-0.3, -0.25) is 0 Å². The molecule has 0 aliphatic rings. The molecule has 0 rings (SSSR count). The molecule has 0 heterocycles. The number of nitrogens with zero attached hydrogens (tertiary/aromatic N) is 1. The second kappa shape index (κ2) is 12.9. The highest BCUT2D eigenvalue weighted by Gasteiger charge is 2.38. The molecule has 0 saturated heterocycles. The Morgan fingerprint density at radius 1 is 1.11 bits per heavy atom. The van der Waals surface area contributed by atoms with E-state index in [-0.39, 0.29) is 19.4 Å². The molecule has 0 spiro atoms. The molecule has 0 aromatic heterocycles. The molecule has 27 heavy (non-hydrogen) atoms. The zero-order chi connectivity index (χ0) is 21.1. The van der Waals surface area contributed by atoms with Crippen LogP contribution in [0.5, 0.6) is 0 Å². The second-order valence-corrected chi connectivity index (χ2v) is 8.83. The third-order valence-electron chi connectivity index (χ3n) is 3.24. The van der Waals surface area contributed by atoms with Gasteiger partial charge in [-0.2, -0.15) is 23.5 Å². The molecule has 0 aromatic rings. The number of alkyl halides is 2. The van der Waals surface area contributed by atoms with Crippen LogP contribution in [0.15, 0.2) is 25.3 Å². The lowest BCUT2D eigenvalue weighted by Gasteiger charge is -2.31. The van der Waals surface area contributed by atoms with Gasteiger partial charge in [0.1, 0.15) is 0 Å². The van der Waals surface area contributed by atoms with E-state index < -0.39 is 28.2 Å².